The molecular weight excluding hydrogens is 391 g/mol. The number of sulfonamides is 1. The topological polar surface area (TPSA) is 61.8 Å². The van der Waals surface area contributed by atoms with E-state index in [9.17, 15) is 21.6 Å². The van der Waals surface area contributed by atoms with Crippen LogP contribution in [-0.2, 0) is 10.0 Å². The highest BCUT2D eigenvalue weighted by Crippen LogP contribution is 2.28. The SMILES string of the molecule is C/C(=N\N(c1ccccc1)C(C)C)c1cc(C)ccc1NS(=O)(=O)C(F)(F)F. The fourth-order valence-electron chi connectivity index (χ4n) is 2.52. The number of hydrogen-bond donors (Lipinski definition) is 1. The Bertz CT molecular complexity index is 956. The molecule has 9 heteroatoms. The summed E-state index contributed by atoms with van der Waals surface area (Å²) in [4.78, 5) is 0. The Morgan fingerprint density at radius 1 is 1.11 bits per heavy atom. The largest absolute Gasteiger partial charge is 0.516 e. The van der Waals surface area contributed by atoms with Crippen molar-refractivity contribution in [2.24, 2.45) is 5.10 Å². The quantitative estimate of drug-likeness (QED) is 0.541. The highest BCUT2D eigenvalue weighted by atomic mass is 32.2. The van der Waals surface area contributed by atoms with Gasteiger partial charge in [-0.2, -0.15) is 26.7 Å². The highest BCUT2D eigenvalue weighted by Gasteiger charge is 2.46. The van der Waals surface area contributed by atoms with Gasteiger partial charge in [0.25, 0.3) is 0 Å². The van der Waals surface area contributed by atoms with Gasteiger partial charge in [-0.3, -0.25) is 9.73 Å². The lowest BCUT2D eigenvalue weighted by atomic mass is 10.1. The number of aryl methyl sites for hydroxylation is 1. The Labute approximate surface area is 162 Å². The summed E-state index contributed by atoms with van der Waals surface area (Å²) in [5.74, 6) is 0. The first-order valence-electron chi connectivity index (χ1n) is 8.52. The number of nitrogens with zero attached hydrogens (tertiary/aromatic N) is 2. The van der Waals surface area contributed by atoms with Crippen molar-refractivity contribution in [2.45, 2.75) is 39.2 Å². The van der Waals surface area contributed by atoms with Crippen molar-refractivity contribution in [1.29, 1.82) is 0 Å². The molecule has 0 atom stereocenters. The molecule has 0 heterocycles. The van der Waals surface area contributed by atoms with Crippen LogP contribution >= 0.6 is 0 Å². The molecule has 0 spiro atoms. The molecule has 28 heavy (non-hydrogen) atoms. The molecule has 2 rings (SSSR count). The standard InChI is InChI=1S/C19H22F3N3O2S/c1-13(2)25(16-8-6-5-7-9-16)23-15(4)17-12-14(3)10-11-18(17)24-28(26,27)19(20,21)22/h5-13,24H,1-4H3/b23-15+. The van der Waals surface area contributed by atoms with Crippen LogP contribution < -0.4 is 9.73 Å². The van der Waals surface area contributed by atoms with Crippen molar-refractivity contribution in [3.63, 3.8) is 0 Å². The zero-order valence-corrected chi connectivity index (χ0v) is 16.8. The number of para-hydroxylation sites is 1. The Morgan fingerprint density at radius 3 is 2.25 bits per heavy atom. The van der Waals surface area contributed by atoms with E-state index in [-0.39, 0.29) is 17.3 Å². The smallest absolute Gasteiger partial charge is 0.275 e. The molecule has 2 aromatic carbocycles. The lowest BCUT2D eigenvalue weighted by Crippen LogP contribution is -2.31. The molecule has 0 unspecified atom stereocenters. The third kappa shape index (κ3) is 5.03. The molecule has 0 amide bonds. The van der Waals surface area contributed by atoms with Gasteiger partial charge in [0.2, 0.25) is 0 Å². The highest BCUT2D eigenvalue weighted by molar-refractivity contribution is 7.93. The van der Waals surface area contributed by atoms with Gasteiger partial charge in [0.15, 0.2) is 0 Å². The zero-order valence-electron chi connectivity index (χ0n) is 15.9. The maximum Gasteiger partial charge on any atom is 0.516 e. The molecule has 0 aromatic heterocycles. The average molecular weight is 413 g/mol. The summed E-state index contributed by atoms with van der Waals surface area (Å²) in [6.45, 7) is 7.23. The molecule has 0 radical (unpaired) electrons. The van der Waals surface area contributed by atoms with Gasteiger partial charge in [0, 0.05) is 11.6 Å². The Hall–Kier alpha value is -2.55. The number of alkyl halides is 3. The van der Waals surface area contributed by atoms with Crippen LogP contribution in [0.1, 0.15) is 31.9 Å². The first-order valence-corrected chi connectivity index (χ1v) is 10.0. The van der Waals surface area contributed by atoms with Crippen molar-refractivity contribution in [3.05, 3.63) is 59.7 Å². The van der Waals surface area contributed by atoms with Crippen LogP contribution in [0, 0.1) is 6.92 Å². The van der Waals surface area contributed by atoms with E-state index in [2.05, 4.69) is 5.10 Å². The van der Waals surface area contributed by atoms with E-state index in [0.717, 1.165) is 11.3 Å². The number of rotatable bonds is 6. The van der Waals surface area contributed by atoms with Crippen LogP contribution in [0.15, 0.2) is 53.6 Å². The Balaban J connectivity index is 2.51. The van der Waals surface area contributed by atoms with Crippen molar-refractivity contribution in [3.8, 4) is 0 Å². The predicted molar refractivity (Wildman–Crippen MR) is 106 cm³/mol. The second kappa shape index (κ2) is 8.22. The van der Waals surface area contributed by atoms with E-state index in [1.54, 1.807) is 29.6 Å². The molecule has 5 nitrogen and oxygen atoms in total. The maximum atomic E-state index is 12.8. The summed E-state index contributed by atoms with van der Waals surface area (Å²) < 4.78 is 63.1. The monoisotopic (exact) mass is 413 g/mol. The van der Waals surface area contributed by atoms with Gasteiger partial charge in [-0.1, -0.05) is 29.8 Å². The third-order valence-corrected chi connectivity index (χ3v) is 4.98. The molecule has 0 aliphatic heterocycles. The van der Waals surface area contributed by atoms with Crippen molar-refractivity contribution >= 4 is 27.1 Å². The maximum absolute atomic E-state index is 12.8. The van der Waals surface area contributed by atoms with Gasteiger partial charge in [-0.15, -0.1) is 0 Å². The van der Waals surface area contributed by atoms with Crippen LogP contribution in [0.4, 0.5) is 24.5 Å². The molecular formula is C19H22F3N3O2S. The van der Waals surface area contributed by atoms with Crippen molar-refractivity contribution < 1.29 is 21.6 Å². The molecule has 0 aliphatic rings. The van der Waals surface area contributed by atoms with E-state index in [1.807, 2.05) is 44.2 Å². The number of anilines is 2. The van der Waals surface area contributed by atoms with Crippen LogP contribution in [0.3, 0.4) is 0 Å². The average Bonchev–Trinajstić information content (AvgIpc) is 2.60. The summed E-state index contributed by atoms with van der Waals surface area (Å²) in [5.41, 5.74) is -3.37. The lowest BCUT2D eigenvalue weighted by Gasteiger charge is -2.25. The third-order valence-electron chi connectivity index (χ3n) is 3.88. The van der Waals surface area contributed by atoms with E-state index in [4.69, 9.17) is 0 Å². The summed E-state index contributed by atoms with van der Waals surface area (Å²) in [5, 5.41) is 6.27. The van der Waals surface area contributed by atoms with Crippen LogP contribution in [0.25, 0.3) is 0 Å². The minimum atomic E-state index is -5.54. The predicted octanol–water partition coefficient (Wildman–Crippen LogP) is 4.90. The molecule has 0 saturated heterocycles. The number of halogens is 3. The number of hydrogen-bond acceptors (Lipinski definition) is 4. The minimum Gasteiger partial charge on any atom is -0.275 e. The molecule has 0 saturated carbocycles. The van der Waals surface area contributed by atoms with Crippen LogP contribution in [-0.4, -0.2) is 25.7 Å². The van der Waals surface area contributed by atoms with Crippen LogP contribution in [0.5, 0.6) is 0 Å². The van der Waals surface area contributed by atoms with Gasteiger partial charge in [0.1, 0.15) is 0 Å². The first kappa shape index (κ1) is 21.7. The van der Waals surface area contributed by atoms with Gasteiger partial charge in [-0.25, -0.2) is 0 Å². The Kier molecular flexibility index (Phi) is 6.38. The first-order chi connectivity index (χ1) is 12.9. The molecule has 0 bridgehead atoms. The van der Waals surface area contributed by atoms with Crippen LogP contribution in [0.2, 0.25) is 0 Å². The number of hydrazone groups is 1. The fourth-order valence-corrected chi connectivity index (χ4v) is 3.10. The molecule has 152 valence electrons. The van der Waals surface area contributed by atoms with E-state index in [0.29, 0.717) is 5.71 Å². The number of nitrogens with one attached hydrogen (secondary N) is 1. The van der Waals surface area contributed by atoms with Gasteiger partial charge >= 0.3 is 15.5 Å². The number of benzene rings is 2. The normalized spacial score (nSPS) is 12.9. The molecule has 0 aliphatic carbocycles. The molecule has 1 N–H and O–H groups in total. The summed E-state index contributed by atoms with van der Waals surface area (Å²) in [6.07, 6.45) is 0. The van der Waals surface area contributed by atoms with E-state index >= 15 is 0 Å². The van der Waals surface area contributed by atoms with Gasteiger partial charge in [0.05, 0.1) is 17.1 Å². The summed E-state index contributed by atoms with van der Waals surface area (Å²) in [7, 11) is -5.54. The Morgan fingerprint density at radius 2 is 1.71 bits per heavy atom. The summed E-state index contributed by atoms with van der Waals surface area (Å²) >= 11 is 0. The second-order valence-electron chi connectivity index (χ2n) is 6.56. The van der Waals surface area contributed by atoms with E-state index in [1.165, 1.54) is 12.1 Å². The second-order valence-corrected chi connectivity index (χ2v) is 8.23. The fraction of sp³-hybridized carbons (Fsp3) is 0.316. The van der Waals surface area contributed by atoms with E-state index < -0.39 is 15.5 Å². The lowest BCUT2D eigenvalue weighted by molar-refractivity contribution is -0.0429. The molecule has 0 fully saturated rings. The van der Waals surface area contributed by atoms with Crippen molar-refractivity contribution in [1.82, 2.24) is 0 Å². The van der Waals surface area contributed by atoms with Gasteiger partial charge in [-0.05, 0) is 52.0 Å². The minimum absolute atomic E-state index is 0.0301. The van der Waals surface area contributed by atoms with Crippen molar-refractivity contribution in [2.75, 3.05) is 9.73 Å². The molecule has 2 aromatic rings. The zero-order chi connectivity index (χ0) is 21.1. The van der Waals surface area contributed by atoms with Gasteiger partial charge < -0.3 is 0 Å². The summed E-state index contributed by atoms with van der Waals surface area (Å²) in [6, 6.07) is 13.7.